The second-order valence-corrected chi connectivity index (χ2v) is 12.4. The van der Waals surface area contributed by atoms with E-state index in [1.165, 1.54) is 24.3 Å². The highest BCUT2D eigenvalue weighted by Gasteiger charge is 2.57. The third-order valence-corrected chi connectivity index (χ3v) is 10.1. The van der Waals surface area contributed by atoms with Gasteiger partial charge in [-0.05, 0) is 79.8 Å². The first-order valence-corrected chi connectivity index (χ1v) is 14.3. The lowest BCUT2D eigenvalue weighted by Gasteiger charge is -2.47. The summed E-state index contributed by atoms with van der Waals surface area (Å²) in [6.07, 6.45) is -2.59. The highest BCUT2D eigenvalue weighted by Crippen LogP contribution is 2.51. The van der Waals surface area contributed by atoms with Crippen LogP contribution in [0.5, 0.6) is 0 Å². The van der Waals surface area contributed by atoms with Crippen LogP contribution in [0.2, 0.25) is 0 Å². The number of amides is 1. The summed E-state index contributed by atoms with van der Waals surface area (Å²) >= 11 is 0. The molecule has 3 fully saturated rings. The van der Waals surface area contributed by atoms with Gasteiger partial charge in [0.05, 0.1) is 19.3 Å². The average molecular weight is 579 g/mol. The Morgan fingerprint density at radius 1 is 1.02 bits per heavy atom. The fraction of sp³-hybridized carbons (Fsp3) is 0.581. The molecule has 3 aliphatic heterocycles. The molecule has 222 valence electrons. The summed E-state index contributed by atoms with van der Waals surface area (Å²) in [5, 5.41) is 11.5. The lowest BCUT2D eigenvalue weighted by atomic mass is 9.63. The van der Waals surface area contributed by atoms with Crippen LogP contribution >= 0.6 is 0 Å². The molecule has 1 unspecified atom stereocenters. The van der Waals surface area contributed by atoms with Crippen molar-refractivity contribution in [2.24, 2.45) is 0 Å². The molecule has 3 atom stereocenters. The van der Waals surface area contributed by atoms with E-state index >= 15 is 0 Å². The molecule has 10 heteroatoms. The van der Waals surface area contributed by atoms with Gasteiger partial charge < -0.3 is 14.7 Å². The van der Waals surface area contributed by atoms with Crippen molar-refractivity contribution in [1.29, 1.82) is 0 Å². The van der Waals surface area contributed by atoms with E-state index in [9.17, 15) is 31.9 Å². The van der Waals surface area contributed by atoms with E-state index < -0.39 is 28.4 Å². The number of hydrogen-bond acceptors (Lipinski definition) is 4. The normalized spacial score (nSPS) is 28.0. The molecule has 1 N–H and O–H groups in total. The summed E-state index contributed by atoms with van der Waals surface area (Å²) in [4.78, 5) is 18.0. The molecule has 0 aromatic heterocycles. The molecule has 0 saturated carbocycles. The Balaban J connectivity index is 1.33. The summed E-state index contributed by atoms with van der Waals surface area (Å²) in [5.41, 5.74) is -3.82. The number of halogens is 5. The Kier molecular flexibility index (Phi) is 6.98. The van der Waals surface area contributed by atoms with Crippen LogP contribution in [0.3, 0.4) is 0 Å². The number of ether oxygens (including phenoxy) is 1. The van der Waals surface area contributed by atoms with Gasteiger partial charge in [-0.3, -0.25) is 9.69 Å². The van der Waals surface area contributed by atoms with Gasteiger partial charge in [0.25, 0.3) is 5.91 Å². The molecule has 1 amide bonds. The van der Waals surface area contributed by atoms with E-state index in [1.807, 2.05) is 0 Å². The second-order valence-electron chi connectivity index (χ2n) is 12.4. The number of aliphatic hydroxyl groups is 1. The van der Waals surface area contributed by atoms with E-state index in [4.69, 9.17) is 4.74 Å². The molecule has 0 radical (unpaired) electrons. The first-order chi connectivity index (χ1) is 19.3. The van der Waals surface area contributed by atoms with Crippen molar-refractivity contribution in [3.63, 3.8) is 0 Å². The number of benzene rings is 2. The Labute approximate surface area is 236 Å². The van der Waals surface area contributed by atoms with Gasteiger partial charge in [-0.25, -0.2) is 8.78 Å². The summed E-state index contributed by atoms with van der Waals surface area (Å²) in [6, 6.07) is 10.2. The van der Waals surface area contributed by atoms with Crippen LogP contribution in [0.4, 0.5) is 22.0 Å². The van der Waals surface area contributed by atoms with Crippen LogP contribution in [0.1, 0.15) is 54.9 Å². The van der Waals surface area contributed by atoms with Gasteiger partial charge in [0, 0.05) is 31.1 Å². The van der Waals surface area contributed by atoms with Crippen LogP contribution in [0.25, 0.3) is 0 Å². The van der Waals surface area contributed by atoms with Gasteiger partial charge in [-0.2, -0.15) is 13.2 Å². The number of fused-ring (bicyclic) bond motifs is 3. The van der Waals surface area contributed by atoms with Gasteiger partial charge in [-0.15, -0.1) is 0 Å². The van der Waals surface area contributed by atoms with Crippen LogP contribution in [-0.2, 0) is 33.5 Å². The van der Waals surface area contributed by atoms with Gasteiger partial charge in [-0.1, -0.05) is 30.3 Å². The van der Waals surface area contributed by atoms with Gasteiger partial charge >= 0.3 is 6.18 Å². The van der Waals surface area contributed by atoms with Gasteiger partial charge in [0.2, 0.25) is 5.67 Å². The minimum absolute atomic E-state index is 0.304. The number of nitrogens with zero attached hydrogens (tertiary/aromatic N) is 2. The Hall–Kier alpha value is -2.56. The zero-order valence-electron chi connectivity index (χ0n) is 23.0. The maximum Gasteiger partial charge on any atom is 0.426 e. The average Bonchev–Trinajstić information content (AvgIpc) is 3.28. The molecule has 6 rings (SSSR count). The van der Waals surface area contributed by atoms with E-state index in [0.29, 0.717) is 89.9 Å². The highest BCUT2D eigenvalue weighted by molar-refractivity contribution is 5.86. The topological polar surface area (TPSA) is 53.0 Å². The molecule has 4 aliphatic rings. The molecule has 3 heterocycles. The van der Waals surface area contributed by atoms with Crippen molar-refractivity contribution in [2.45, 2.75) is 80.4 Å². The number of carbonyl (C=O) groups is 1. The largest absolute Gasteiger partial charge is 0.426 e. The first kappa shape index (κ1) is 28.6. The van der Waals surface area contributed by atoms with Crippen molar-refractivity contribution in [2.75, 3.05) is 32.8 Å². The number of alkyl halides is 4. The zero-order chi connectivity index (χ0) is 29.2. The molecule has 1 aliphatic carbocycles. The zero-order valence-corrected chi connectivity index (χ0v) is 23.0. The maximum atomic E-state index is 14.9. The van der Waals surface area contributed by atoms with Gasteiger partial charge in [0.15, 0.2) is 0 Å². The standard InChI is InChI=1S/C31H35F5N2O3/c1-28(33,31(34,35)36)22-5-8-25-21(16-22)4-9-26-29(25,17-20-2-6-23(32)7-3-20)10-15-38(26)27(39)30(40)11-13-37(14-12-30)24-18-41-19-24/h2-3,5-8,16,24,26,40H,4,9-15,17-19H2,1H3/t26-,28?,29-/m1/s1. The van der Waals surface area contributed by atoms with Crippen LogP contribution in [0, 0.1) is 5.82 Å². The highest BCUT2D eigenvalue weighted by atomic mass is 19.4. The Bertz CT molecular complexity index is 1300. The molecular weight excluding hydrogens is 543 g/mol. The lowest BCUT2D eigenvalue weighted by Crippen LogP contribution is -2.61. The quantitative estimate of drug-likeness (QED) is 0.517. The minimum Gasteiger partial charge on any atom is -0.380 e. The van der Waals surface area contributed by atoms with Crippen molar-refractivity contribution in [3.8, 4) is 0 Å². The van der Waals surface area contributed by atoms with Crippen molar-refractivity contribution in [3.05, 3.63) is 70.5 Å². The molecule has 5 nitrogen and oxygen atoms in total. The number of hydrogen-bond donors (Lipinski definition) is 1. The SMILES string of the molecule is CC(F)(c1ccc2c(c1)CC[C@H]1N(C(=O)C3(O)CCN(C4COC4)CC3)CC[C@@]21Cc1ccc(F)cc1)C(F)(F)F. The first-order valence-electron chi connectivity index (χ1n) is 14.3. The van der Waals surface area contributed by atoms with Crippen LogP contribution in [-0.4, -0.2) is 77.5 Å². The molecule has 0 bridgehead atoms. The van der Waals surface area contributed by atoms with Crippen molar-refractivity contribution < 1.29 is 36.6 Å². The van der Waals surface area contributed by atoms with E-state index in [2.05, 4.69) is 4.90 Å². The molecule has 0 spiro atoms. The molecule has 2 aromatic rings. The third kappa shape index (κ3) is 4.76. The van der Waals surface area contributed by atoms with Gasteiger partial charge in [0.1, 0.15) is 11.4 Å². The summed E-state index contributed by atoms with van der Waals surface area (Å²) in [5.74, 6) is -0.683. The Morgan fingerprint density at radius 3 is 2.32 bits per heavy atom. The number of aryl methyl sites for hydroxylation is 1. The minimum atomic E-state index is -5.06. The van der Waals surface area contributed by atoms with Crippen LogP contribution < -0.4 is 0 Å². The fourth-order valence-electron chi connectivity index (χ4n) is 7.41. The molecule has 3 saturated heterocycles. The predicted molar refractivity (Wildman–Crippen MR) is 142 cm³/mol. The number of likely N-dealkylation sites (tertiary alicyclic amines) is 2. The number of piperidine rings is 1. The van der Waals surface area contributed by atoms with Crippen LogP contribution in [0.15, 0.2) is 42.5 Å². The smallest absolute Gasteiger partial charge is 0.380 e. The Morgan fingerprint density at radius 2 is 1.71 bits per heavy atom. The van der Waals surface area contributed by atoms with E-state index in [0.717, 1.165) is 11.1 Å². The lowest BCUT2D eigenvalue weighted by molar-refractivity contribution is -0.228. The summed E-state index contributed by atoms with van der Waals surface area (Å²) < 4.78 is 74.5. The monoisotopic (exact) mass is 578 g/mol. The third-order valence-electron chi connectivity index (χ3n) is 10.1. The second kappa shape index (κ2) is 10.0. The van der Waals surface area contributed by atoms with Crippen molar-refractivity contribution in [1.82, 2.24) is 9.80 Å². The van der Waals surface area contributed by atoms with E-state index in [1.54, 1.807) is 23.1 Å². The number of rotatable bonds is 5. The van der Waals surface area contributed by atoms with Crippen molar-refractivity contribution >= 4 is 5.91 Å². The molecule has 2 aromatic carbocycles. The predicted octanol–water partition coefficient (Wildman–Crippen LogP) is 4.83. The number of carbonyl (C=O) groups excluding carboxylic acids is 1. The summed E-state index contributed by atoms with van der Waals surface area (Å²) in [7, 11) is 0. The fourth-order valence-corrected chi connectivity index (χ4v) is 7.41. The maximum absolute atomic E-state index is 14.9. The summed E-state index contributed by atoms with van der Waals surface area (Å²) in [6.45, 7) is 3.45. The van der Waals surface area contributed by atoms with E-state index in [-0.39, 0.29) is 17.8 Å². The molecule has 41 heavy (non-hydrogen) atoms. The molecular formula is C31H35F5N2O3.